The lowest BCUT2D eigenvalue weighted by atomic mass is 10.2. The summed E-state index contributed by atoms with van der Waals surface area (Å²) in [4.78, 5) is 8.00. The number of hydrogen-bond acceptors (Lipinski definition) is 1. The summed E-state index contributed by atoms with van der Waals surface area (Å²) in [7, 11) is 0. The molecule has 1 nitrogen and oxygen atoms in total. The van der Waals surface area contributed by atoms with Gasteiger partial charge in [0.25, 0.3) is 0 Å². The van der Waals surface area contributed by atoms with Crippen LogP contribution in [0, 0.1) is 27.7 Å². The van der Waals surface area contributed by atoms with Crippen molar-refractivity contribution in [2.24, 2.45) is 0 Å². The third-order valence-electron chi connectivity index (χ3n) is 2.35. The predicted molar refractivity (Wildman–Crippen MR) is 79.0 cm³/mol. The first-order chi connectivity index (χ1) is 8.58. The molecule has 0 saturated carbocycles. The summed E-state index contributed by atoms with van der Waals surface area (Å²) >= 11 is 0. The number of hydrogen-bond donors (Lipinski definition) is 0. The van der Waals surface area contributed by atoms with Crippen molar-refractivity contribution in [3.05, 3.63) is 70.8 Å². The molecule has 96 valence electrons. The monoisotopic (exact) mass is 242 g/mol. The SMILES string of the molecule is C=O.Cc1cccc(C)c1.Cc1cccc(C)c1. The highest BCUT2D eigenvalue weighted by Gasteiger charge is 1.81. The summed E-state index contributed by atoms with van der Waals surface area (Å²) in [6, 6.07) is 16.9. The summed E-state index contributed by atoms with van der Waals surface area (Å²) in [5, 5.41) is 0. The van der Waals surface area contributed by atoms with E-state index in [4.69, 9.17) is 4.79 Å². The van der Waals surface area contributed by atoms with Gasteiger partial charge in [-0.25, -0.2) is 0 Å². The fourth-order valence-corrected chi connectivity index (χ4v) is 1.61. The highest BCUT2D eigenvalue weighted by molar-refractivity contribution is 5.21. The Morgan fingerprint density at radius 2 is 0.833 bits per heavy atom. The molecule has 0 radical (unpaired) electrons. The molecule has 2 rings (SSSR count). The van der Waals surface area contributed by atoms with Gasteiger partial charge >= 0.3 is 0 Å². The molecular weight excluding hydrogens is 220 g/mol. The molecule has 1 heteroatoms. The number of carbonyl (C=O) groups is 1. The van der Waals surface area contributed by atoms with Crippen LogP contribution in [0.3, 0.4) is 0 Å². The molecule has 2 aromatic rings. The first-order valence-electron chi connectivity index (χ1n) is 5.93. The van der Waals surface area contributed by atoms with Gasteiger partial charge in [-0.15, -0.1) is 0 Å². The van der Waals surface area contributed by atoms with Gasteiger partial charge in [0, 0.05) is 0 Å². The molecule has 0 fully saturated rings. The number of carbonyl (C=O) groups excluding carboxylic acids is 1. The lowest BCUT2D eigenvalue weighted by Crippen LogP contribution is -1.71. The zero-order valence-electron chi connectivity index (χ0n) is 11.7. The third kappa shape index (κ3) is 7.39. The lowest BCUT2D eigenvalue weighted by Gasteiger charge is -1.90. The summed E-state index contributed by atoms with van der Waals surface area (Å²) in [6.07, 6.45) is 0. The second-order valence-corrected chi connectivity index (χ2v) is 4.32. The Morgan fingerprint density at radius 3 is 0.944 bits per heavy atom. The van der Waals surface area contributed by atoms with Crippen LogP contribution in [0.2, 0.25) is 0 Å². The van der Waals surface area contributed by atoms with E-state index in [0.29, 0.717) is 0 Å². The van der Waals surface area contributed by atoms with Crippen LogP contribution in [0.25, 0.3) is 0 Å². The van der Waals surface area contributed by atoms with Gasteiger partial charge in [-0.3, -0.25) is 0 Å². The fourth-order valence-electron chi connectivity index (χ4n) is 1.61. The van der Waals surface area contributed by atoms with Crippen LogP contribution >= 0.6 is 0 Å². The largest absolute Gasteiger partial charge is 0.307 e. The van der Waals surface area contributed by atoms with Crippen molar-refractivity contribution >= 4 is 6.79 Å². The molecule has 0 atom stereocenters. The second-order valence-electron chi connectivity index (χ2n) is 4.32. The molecule has 0 amide bonds. The molecule has 0 aromatic heterocycles. The topological polar surface area (TPSA) is 17.1 Å². The van der Waals surface area contributed by atoms with Crippen molar-refractivity contribution < 1.29 is 4.79 Å². The zero-order valence-corrected chi connectivity index (χ0v) is 11.7. The molecule has 0 N–H and O–H groups in total. The minimum absolute atomic E-state index is 1.34. The standard InChI is InChI=1S/2C8H10.CH2O/c2*1-7-4-3-5-8(2)6-7;1-2/h2*3-6H,1-2H3;1H2. The van der Waals surface area contributed by atoms with Crippen molar-refractivity contribution in [1.82, 2.24) is 0 Å². The van der Waals surface area contributed by atoms with Crippen LogP contribution in [-0.2, 0) is 4.79 Å². The van der Waals surface area contributed by atoms with E-state index in [9.17, 15) is 0 Å². The van der Waals surface area contributed by atoms with Crippen molar-refractivity contribution in [2.45, 2.75) is 27.7 Å². The molecule has 18 heavy (non-hydrogen) atoms. The molecule has 0 aliphatic heterocycles. The Morgan fingerprint density at radius 1 is 0.611 bits per heavy atom. The Labute approximate surface area is 110 Å². The van der Waals surface area contributed by atoms with Crippen LogP contribution in [0.15, 0.2) is 48.5 Å². The van der Waals surface area contributed by atoms with E-state index in [2.05, 4.69) is 76.2 Å². The molecule has 0 bridgehead atoms. The van der Waals surface area contributed by atoms with Gasteiger partial charge < -0.3 is 4.79 Å². The Hall–Kier alpha value is -1.89. The van der Waals surface area contributed by atoms with Crippen LogP contribution < -0.4 is 0 Å². The number of rotatable bonds is 0. The summed E-state index contributed by atoms with van der Waals surface area (Å²) < 4.78 is 0. The molecular formula is C17H22O. The van der Waals surface area contributed by atoms with Crippen LogP contribution in [0.4, 0.5) is 0 Å². The molecule has 0 unspecified atom stereocenters. The van der Waals surface area contributed by atoms with E-state index in [0.717, 1.165) is 0 Å². The zero-order chi connectivity index (χ0) is 14.0. The number of benzene rings is 2. The van der Waals surface area contributed by atoms with Crippen molar-refractivity contribution in [3.63, 3.8) is 0 Å². The van der Waals surface area contributed by atoms with Gasteiger partial charge in [-0.2, -0.15) is 0 Å². The third-order valence-corrected chi connectivity index (χ3v) is 2.35. The van der Waals surface area contributed by atoms with E-state index in [1.54, 1.807) is 0 Å². The Kier molecular flexibility index (Phi) is 8.21. The van der Waals surface area contributed by atoms with Gasteiger partial charge in [0.2, 0.25) is 0 Å². The normalized spacial score (nSPS) is 8.44. The predicted octanol–water partition coefficient (Wildman–Crippen LogP) is 4.42. The highest BCUT2D eigenvalue weighted by Crippen LogP contribution is 2.00. The van der Waals surface area contributed by atoms with E-state index in [1.807, 2.05) is 6.79 Å². The van der Waals surface area contributed by atoms with Gasteiger partial charge in [-0.1, -0.05) is 70.8 Å². The van der Waals surface area contributed by atoms with Crippen LogP contribution in [0.5, 0.6) is 0 Å². The molecule has 0 aliphatic carbocycles. The first-order valence-corrected chi connectivity index (χ1v) is 5.93. The average Bonchev–Trinajstić information content (AvgIpc) is 2.31. The maximum absolute atomic E-state index is 8.00. The van der Waals surface area contributed by atoms with E-state index in [-0.39, 0.29) is 0 Å². The first kappa shape index (κ1) is 16.1. The smallest absolute Gasteiger partial charge is 0.106 e. The quantitative estimate of drug-likeness (QED) is 0.668. The average molecular weight is 242 g/mol. The molecule has 0 aliphatic rings. The van der Waals surface area contributed by atoms with Crippen LogP contribution in [-0.4, -0.2) is 6.79 Å². The van der Waals surface area contributed by atoms with Crippen molar-refractivity contribution in [2.75, 3.05) is 0 Å². The fraction of sp³-hybridized carbons (Fsp3) is 0.235. The maximum Gasteiger partial charge on any atom is 0.106 e. The Bertz CT molecular complexity index is 383. The highest BCUT2D eigenvalue weighted by atomic mass is 16.1. The van der Waals surface area contributed by atoms with Crippen LogP contribution in [0.1, 0.15) is 22.3 Å². The summed E-state index contributed by atoms with van der Waals surface area (Å²) in [5.41, 5.74) is 5.35. The Balaban J connectivity index is 0.000000283. The van der Waals surface area contributed by atoms with Crippen molar-refractivity contribution in [3.8, 4) is 0 Å². The van der Waals surface area contributed by atoms with Gasteiger partial charge in [0.15, 0.2) is 0 Å². The molecule has 0 spiro atoms. The van der Waals surface area contributed by atoms with Crippen molar-refractivity contribution in [1.29, 1.82) is 0 Å². The van der Waals surface area contributed by atoms with Gasteiger partial charge in [0.05, 0.1) is 0 Å². The molecule has 2 aromatic carbocycles. The number of aryl methyl sites for hydroxylation is 4. The maximum atomic E-state index is 8.00. The molecule has 0 saturated heterocycles. The minimum Gasteiger partial charge on any atom is -0.307 e. The van der Waals surface area contributed by atoms with Gasteiger partial charge in [-0.05, 0) is 27.7 Å². The van der Waals surface area contributed by atoms with E-state index >= 15 is 0 Å². The van der Waals surface area contributed by atoms with E-state index < -0.39 is 0 Å². The second kappa shape index (κ2) is 9.17. The summed E-state index contributed by atoms with van der Waals surface area (Å²) in [5.74, 6) is 0. The lowest BCUT2D eigenvalue weighted by molar-refractivity contribution is -0.0979. The molecule has 0 heterocycles. The van der Waals surface area contributed by atoms with Gasteiger partial charge in [0.1, 0.15) is 6.79 Å². The summed E-state index contributed by atoms with van der Waals surface area (Å²) in [6.45, 7) is 10.4. The minimum atomic E-state index is 1.34. The van der Waals surface area contributed by atoms with E-state index in [1.165, 1.54) is 22.3 Å².